The van der Waals surface area contributed by atoms with Gasteiger partial charge in [0.2, 0.25) is 0 Å². The monoisotopic (exact) mass is 191 g/mol. The van der Waals surface area contributed by atoms with Gasteiger partial charge in [-0.25, -0.2) is 0 Å². The fraction of sp³-hybridized carbons (Fsp3) is 0. The van der Waals surface area contributed by atoms with Crippen molar-refractivity contribution in [2.75, 3.05) is 0 Å². The standard InChI is InChI=1S/C9H5NO4/c11-5-1-2-7-3-4-8(12)6-9(7)10(13)14/h3-6,12H. The van der Waals surface area contributed by atoms with Crippen molar-refractivity contribution in [1.29, 1.82) is 0 Å². The molecular weight excluding hydrogens is 186 g/mol. The van der Waals surface area contributed by atoms with Crippen LogP contribution in [0.5, 0.6) is 5.75 Å². The van der Waals surface area contributed by atoms with E-state index in [0.29, 0.717) is 6.29 Å². The molecule has 0 spiro atoms. The zero-order valence-electron chi connectivity index (χ0n) is 6.93. The molecule has 0 aliphatic carbocycles. The summed E-state index contributed by atoms with van der Waals surface area (Å²) in [5, 5.41) is 19.5. The van der Waals surface area contributed by atoms with Crippen LogP contribution < -0.4 is 0 Å². The van der Waals surface area contributed by atoms with Crippen molar-refractivity contribution in [2.45, 2.75) is 0 Å². The van der Waals surface area contributed by atoms with E-state index >= 15 is 0 Å². The zero-order valence-corrected chi connectivity index (χ0v) is 6.93. The first-order valence-electron chi connectivity index (χ1n) is 3.57. The number of benzene rings is 1. The molecule has 0 bridgehead atoms. The zero-order chi connectivity index (χ0) is 10.6. The predicted molar refractivity (Wildman–Crippen MR) is 47.7 cm³/mol. The average Bonchev–Trinajstić information content (AvgIpc) is 2.15. The smallest absolute Gasteiger partial charge is 0.288 e. The second-order valence-electron chi connectivity index (χ2n) is 2.35. The lowest BCUT2D eigenvalue weighted by Gasteiger charge is -1.95. The van der Waals surface area contributed by atoms with Crippen LogP contribution in [0.3, 0.4) is 0 Å². The van der Waals surface area contributed by atoms with Gasteiger partial charge in [-0.3, -0.25) is 14.9 Å². The van der Waals surface area contributed by atoms with Crippen LogP contribution in [-0.2, 0) is 4.79 Å². The SMILES string of the molecule is O=CC#Cc1ccc(O)cc1[N+](=O)[O-]. The van der Waals surface area contributed by atoms with Gasteiger partial charge >= 0.3 is 0 Å². The molecule has 0 atom stereocenters. The van der Waals surface area contributed by atoms with Gasteiger partial charge in [0.15, 0.2) is 6.29 Å². The maximum Gasteiger partial charge on any atom is 0.288 e. The molecule has 0 saturated carbocycles. The minimum Gasteiger partial charge on any atom is -0.508 e. The first kappa shape index (κ1) is 9.74. The molecule has 1 aromatic carbocycles. The summed E-state index contributed by atoms with van der Waals surface area (Å²) in [6.07, 6.45) is 0.344. The number of hydrogen-bond donors (Lipinski definition) is 1. The van der Waals surface area contributed by atoms with E-state index in [0.717, 1.165) is 6.07 Å². The highest BCUT2D eigenvalue weighted by molar-refractivity contribution is 5.75. The minimum absolute atomic E-state index is 0.0971. The highest BCUT2D eigenvalue weighted by Crippen LogP contribution is 2.22. The average molecular weight is 191 g/mol. The third-order valence-corrected chi connectivity index (χ3v) is 1.44. The van der Waals surface area contributed by atoms with Crippen LogP contribution >= 0.6 is 0 Å². The van der Waals surface area contributed by atoms with Crippen molar-refractivity contribution in [3.63, 3.8) is 0 Å². The van der Waals surface area contributed by atoms with Crippen LogP contribution in [0.4, 0.5) is 5.69 Å². The predicted octanol–water partition coefficient (Wildman–Crippen LogP) is 0.851. The number of nitrogens with zero attached hydrogens (tertiary/aromatic N) is 1. The van der Waals surface area contributed by atoms with Gasteiger partial charge in [-0.15, -0.1) is 0 Å². The number of aldehydes is 1. The molecule has 5 heteroatoms. The molecule has 14 heavy (non-hydrogen) atoms. The van der Waals surface area contributed by atoms with Gasteiger partial charge in [-0.1, -0.05) is 5.92 Å². The second-order valence-corrected chi connectivity index (χ2v) is 2.35. The number of nitro benzene ring substituents is 1. The summed E-state index contributed by atoms with van der Waals surface area (Å²) in [5.41, 5.74) is -0.223. The number of nitro groups is 1. The van der Waals surface area contributed by atoms with Crippen LogP contribution in [0.25, 0.3) is 0 Å². The van der Waals surface area contributed by atoms with Gasteiger partial charge in [0.25, 0.3) is 5.69 Å². The Hall–Kier alpha value is -2.35. The molecule has 70 valence electrons. The van der Waals surface area contributed by atoms with E-state index in [9.17, 15) is 14.9 Å². The third kappa shape index (κ3) is 2.08. The minimum atomic E-state index is -0.672. The van der Waals surface area contributed by atoms with E-state index in [1.807, 2.05) is 0 Å². The Balaban J connectivity index is 3.28. The van der Waals surface area contributed by atoms with Crippen LogP contribution in [0, 0.1) is 22.0 Å². The lowest BCUT2D eigenvalue weighted by molar-refractivity contribution is -0.385. The summed E-state index contributed by atoms with van der Waals surface area (Å²) in [6.45, 7) is 0. The van der Waals surface area contributed by atoms with E-state index in [1.54, 1.807) is 0 Å². The Morgan fingerprint density at radius 1 is 1.50 bits per heavy atom. The number of carbonyl (C=O) groups excluding carboxylic acids is 1. The van der Waals surface area contributed by atoms with Gasteiger partial charge in [-0.2, -0.15) is 0 Å². The molecule has 5 nitrogen and oxygen atoms in total. The molecule has 1 aromatic rings. The van der Waals surface area contributed by atoms with Gasteiger partial charge in [0.1, 0.15) is 11.3 Å². The van der Waals surface area contributed by atoms with Gasteiger partial charge in [0, 0.05) is 0 Å². The van der Waals surface area contributed by atoms with Gasteiger partial charge in [0.05, 0.1) is 11.0 Å². The van der Waals surface area contributed by atoms with E-state index in [2.05, 4.69) is 11.8 Å². The lowest BCUT2D eigenvalue weighted by atomic mass is 10.2. The van der Waals surface area contributed by atoms with Crippen LogP contribution in [-0.4, -0.2) is 16.3 Å². The molecule has 0 unspecified atom stereocenters. The Morgan fingerprint density at radius 2 is 2.21 bits per heavy atom. The van der Waals surface area contributed by atoms with Crippen molar-refractivity contribution >= 4 is 12.0 Å². The summed E-state index contributed by atoms with van der Waals surface area (Å²) in [5.74, 6) is 4.15. The molecular formula is C9H5NO4. The molecule has 1 N–H and O–H groups in total. The maximum absolute atomic E-state index is 10.5. The first-order valence-corrected chi connectivity index (χ1v) is 3.57. The van der Waals surface area contributed by atoms with Crippen LogP contribution in [0.15, 0.2) is 18.2 Å². The van der Waals surface area contributed by atoms with Crippen LogP contribution in [0.2, 0.25) is 0 Å². The summed E-state index contributed by atoms with van der Waals surface area (Å²) >= 11 is 0. The fourth-order valence-electron chi connectivity index (χ4n) is 0.884. The topological polar surface area (TPSA) is 80.4 Å². The van der Waals surface area contributed by atoms with Crippen molar-refractivity contribution in [3.05, 3.63) is 33.9 Å². The fourth-order valence-corrected chi connectivity index (χ4v) is 0.884. The van der Waals surface area contributed by atoms with Crippen molar-refractivity contribution in [2.24, 2.45) is 0 Å². The largest absolute Gasteiger partial charge is 0.508 e. The van der Waals surface area contributed by atoms with E-state index in [1.165, 1.54) is 12.1 Å². The molecule has 0 fully saturated rings. The van der Waals surface area contributed by atoms with Crippen molar-refractivity contribution < 1.29 is 14.8 Å². The first-order chi connectivity index (χ1) is 6.65. The lowest BCUT2D eigenvalue weighted by Crippen LogP contribution is -1.91. The second kappa shape index (κ2) is 4.05. The summed E-state index contributed by atoms with van der Waals surface area (Å²) < 4.78 is 0. The normalized spacial score (nSPS) is 8.57. The van der Waals surface area contributed by atoms with Crippen molar-refractivity contribution in [3.8, 4) is 17.6 Å². The Labute approximate surface area is 79.1 Å². The van der Waals surface area contributed by atoms with Crippen LogP contribution in [0.1, 0.15) is 5.56 Å². The number of carbonyl (C=O) groups is 1. The molecule has 0 heterocycles. The molecule has 0 aliphatic heterocycles. The number of aromatic hydroxyl groups is 1. The van der Waals surface area contributed by atoms with E-state index < -0.39 is 4.92 Å². The number of rotatable bonds is 1. The molecule has 0 aliphatic rings. The summed E-state index contributed by atoms with van der Waals surface area (Å²) in [4.78, 5) is 19.7. The molecule has 0 amide bonds. The van der Waals surface area contributed by atoms with Gasteiger partial charge in [-0.05, 0) is 18.1 Å². The highest BCUT2D eigenvalue weighted by atomic mass is 16.6. The third-order valence-electron chi connectivity index (χ3n) is 1.44. The van der Waals surface area contributed by atoms with Crippen molar-refractivity contribution in [1.82, 2.24) is 0 Å². The number of phenols is 1. The maximum atomic E-state index is 10.5. The molecule has 0 radical (unpaired) electrons. The Bertz CT molecular complexity index is 442. The highest BCUT2D eigenvalue weighted by Gasteiger charge is 2.12. The molecule has 0 saturated heterocycles. The van der Waals surface area contributed by atoms with Gasteiger partial charge < -0.3 is 5.11 Å². The quantitative estimate of drug-likeness (QED) is 0.309. The van der Waals surface area contributed by atoms with E-state index in [4.69, 9.17) is 5.11 Å². The number of phenolic OH excluding ortho intramolecular Hbond substituents is 1. The van der Waals surface area contributed by atoms with E-state index in [-0.39, 0.29) is 17.0 Å². The summed E-state index contributed by atoms with van der Waals surface area (Å²) in [6, 6.07) is 3.53. The molecule has 0 aromatic heterocycles. The Kier molecular flexibility index (Phi) is 2.82. The number of hydrogen-bond acceptors (Lipinski definition) is 4. The summed E-state index contributed by atoms with van der Waals surface area (Å²) in [7, 11) is 0. The molecule has 1 rings (SSSR count). The Morgan fingerprint density at radius 3 is 2.79 bits per heavy atom.